The zero-order chi connectivity index (χ0) is 13.3. The molecular formula is C13H25N3O2S. The Hall–Kier alpha value is -0.170. The van der Waals surface area contributed by atoms with Gasteiger partial charge in [-0.1, -0.05) is 6.42 Å². The minimum absolute atomic E-state index is 0.273. The topological polar surface area (TPSA) is 52.7 Å². The molecule has 1 saturated carbocycles. The molecule has 6 heteroatoms. The lowest BCUT2D eigenvalue weighted by molar-refractivity contribution is 0.288. The minimum Gasteiger partial charge on any atom is -0.313 e. The summed E-state index contributed by atoms with van der Waals surface area (Å²) >= 11 is 0. The van der Waals surface area contributed by atoms with Crippen LogP contribution in [0.1, 0.15) is 44.9 Å². The van der Waals surface area contributed by atoms with Gasteiger partial charge in [-0.3, -0.25) is 0 Å². The molecule has 2 aliphatic heterocycles. The van der Waals surface area contributed by atoms with Gasteiger partial charge in [0.1, 0.15) is 0 Å². The van der Waals surface area contributed by atoms with Crippen molar-refractivity contribution >= 4 is 10.2 Å². The van der Waals surface area contributed by atoms with Crippen LogP contribution in [0, 0.1) is 0 Å². The minimum atomic E-state index is -3.22. The monoisotopic (exact) mass is 287 g/mol. The zero-order valence-electron chi connectivity index (χ0n) is 11.6. The maximum Gasteiger partial charge on any atom is 0.282 e. The van der Waals surface area contributed by atoms with Crippen molar-refractivity contribution in [2.45, 2.75) is 57.0 Å². The summed E-state index contributed by atoms with van der Waals surface area (Å²) in [7, 11) is -3.22. The van der Waals surface area contributed by atoms with Crippen LogP contribution in [-0.2, 0) is 10.2 Å². The molecule has 3 aliphatic rings. The lowest BCUT2D eigenvalue weighted by Crippen LogP contribution is -2.50. The van der Waals surface area contributed by atoms with Crippen molar-refractivity contribution in [3.63, 3.8) is 0 Å². The fourth-order valence-corrected chi connectivity index (χ4v) is 5.14. The largest absolute Gasteiger partial charge is 0.313 e. The Kier molecular flexibility index (Phi) is 4.12. The Morgan fingerprint density at radius 1 is 1.05 bits per heavy atom. The molecule has 0 bridgehead atoms. The molecule has 3 rings (SSSR count). The van der Waals surface area contributed by atoms with Crippen LogP contribution < -0.4 is 5.32 Å². The molecule has 0 radical (unpaired) electrons. The highest BCUT2D eigenvalue weighted by atomic mass is 32.2. The fourth-order valence-electron chi connectivity index (χ4n) is 3.17. The van der Waals surface area contributed by atoms with Crippen LogP contribution in [0.5, 0.6) is 0 Å². The smallest absolute Gasteiger partial charge is 0.282 e. The third-order valence-electron chi connectivity index (χ3n) is 4.45. The summed E-state index contributed by atoms with van der Waals surface area (Å²) in [6, 6.07) is 0.634. The van der Waals surface area contributed by atoms with Crippen molar-refractivity contribution in [1.82, 2.24) is 13.9 Å². The van der Waals surface area contributed by atoms with Gasteiger partial charge in [-0.15, -0.1) is 0 Å². The SMILES string of the molecule is O=S(=O)(N1CCCCC1)N(CC1CCCN1)C1CC1. The predicted molar refractivity (Wildman–Crippen MR) is 75.1 cm³/mol. The number of hydrogen-bond acceptors (Lipinski definition) is 3. The first-order valence-corrected chi connectivity index (χ1v) is 9.08. The van der Waals surface area contributed by atoms with Crippen LogP contribution in [0.25, 0.3) is 0 Å². The molecule has 2 heterocycles. The van der Waals surface area contributed by atoms with Crippen LogP contribution in [-0.4, -0.2) is 55.3 Å². The number of nitrogens with zero attached hydrogens (tertiary/aromatic N) is 2. The first kappa shape index (κ1) is 13.8. The molecule has 1 aliphatic carbocycles. The van der Waals surface area contributed by atoms with Gasteiger partial charge in [-0.2, -0.15) is 17.0 Å². The lowest BCUT2D eigenvalue weighted by atomic mass is 10.2. The van der Waals surface area contributed by atoms with Crippen LogP contribution in [0.4, 0.5) is 0 Å². The molecule has 0 amide bonds. The Morgan fingerprint density at radius 2 is 1.79 bits per heavy atom. The van der Waals surface area contributed by atoms with E-state index in [2.05, 4.69) is 5.32 Å². The third-order valence-corrected chi connectivity index (χ3v) is 6.51. The number of hydrogen-bond donors (Lipinski definition) is 1. The molecule has 110 valence electrons. The standard InChI is InChI=1S/C13H25N3O2S/c17-19(18,15-9-2-1-3-10-15)16(13-6-7-13)11-12-5-4-8-14-12/h12-14H,1-11H2. The van der Waals surface area contributed by atoms with Crippen molar-refractivity contribution in [2.75, 3.05) is 26.2 Å². The van der Waals surface area contributed by atoms with Crippen molar-refractivity contribution in [3.8, 4) is 0 Å². The van der Waals surface area contributed by atoms with Crippen molar-refractivity contribution < 1.29 is 8.42 Å². The highest BCUT2D eigenvalue weighted by molar-refractivity contribution is 7.86. The molecule has 1 atom stereocenters. The second kappa shape index (κ2) is 5.68. The van der Waals surface area contributed by atoms with E-state index < -0.39 is 10.2 Å². The summed E-state index contributed by atoms with van der Waals surface area (Å²) in [5, 5.41) is 3.42. The van der Waals surface area contributed by atoms with E-state index in [1.165, 1.54) is 12.8 Å². The van der Waals surface area contributed by atoms with E-state index in [9.17, 15) is 8.42 Å². The average molecular weight is 287 g/mol. The van der Waals surface area contributed by atoms with Gasteiger partial charge in [-0.25, -0.2) is 0 Å². The summed E-state index contributed by atoms with van der Waals surface area (Å²) in [5.41, 5.74) is 0. The van der Waals surface area contributed by atoms with Gasteiger partial charge in [0.25, 0.3) is 10.2 Å². The fraction of sp³-hybridized carbons (Fsp3) is 1.00. The zero-order valence-corrected chi connectivity index (χ0v) is 12.4. The van der Waals surface area contributed by atoms with Crippen LogP contribution in [0.15, 0.2) is 0 Å². The van der Waals surface area contributed by atoms with Gasteiger partial charge in [0.15, 0.2) is 0 Å². The number of piperidine rings is 1. The van der Waals surface area contributed by atoms with Crippen molar-refractivity contribution in [3.05, 3.63) is 0 Å². The molecule has 0 aromatic carbocycles. The predicted octanol–water partition coefficient (Wildman–Crippen LogP) is 0.933. The van der Waals surface area contributed by atoms with E-state index in [0.717, 1.165) is 38.6 Å². The molecule has 0 aromatic heterocycles. The lowest BCUT2D eigenvalue weighted by Gasteiger charge is -2.33. The summed E-state index contributed by atoms with van der Waals surface area (Å²) < 4.78 is 29.1. The normalized spacial score (nSPS) is 30.1. The van der Waals surface area contributed by atoms with E-state index in [4.69, 9.17) is 0 Å². The van der Waals surface area contributed by atoms with Gasteiger partial charge in [-0.05, 0) is 45.1 Å². The first-order valence-electron chi connectivity index (χ1n) is 7.68. The van der Waals surface area contributed by atoms with Gasteiger partial charge in [0, 0.05) is 31.7 Å². The maximum atomic E-state index is 12.8. The first-order chi connectivity index (χ1) is 9.18. The maximum absolute atomic E-state index is 12.8. The molecule has 0 spiro atoms. The molecule has 1 N–H and O–H groups in total. The van der Waals surface area contributed by atoms with Crippen LogP contribution in [0.3, 0.4) is 0 Å². The second-order valence-corrected chi connectivity index (χ2v) is 7.94. The van der Waals surface area contributed by atoms with Crippen molar-refractivity contribution in [1.29, 1.82) is 0 Å². The molecule has 1 unspecified atom stereocenters. The van der Waals surface area contributed by atoms with E-state index in [1.807, 2.05) is 0 Å². The van der Waals surface area contributed by atoms with E-state index >= 15 is 0 Å². The van der Waals surface area contributed by atoms with Crippen LogP contribution >= 0.6 is 0 Å². The van der Waals surface area contributed by atoms with Crippen LogP contribution in [0.2, 0.25) is 0 Å². The molecule has 19 heavy (non-hydrogen) atoms. The number of nitrogens with one attached hydrogen (secondary N) is 1. The second-order valence-electron chi connectivity index (χ2n) is 6.06. The van der Waals surface area contributed by atoms with E-state index in [1.54, 1.807) is 8.61 Å². The molecule has 2 saturated heterocycles. The molecular weight excluding hydrogens is 262 g/mol. The Morgan fingerprint density at radius 3 is 2.37 bits per heavy atom. The van der Waals surface area contributed by atoms with E-state index in [0.29, 0.717) is 25.7 Å². The Bertz CT molecular complexity index is 396. The van der Waals surface area contributed by atoms with Crippen molar-refractivity contribution in [2.24, 2.45) is 0 Å². The Labute approximate surface area is 116 Å². The summed E-state index contributed by atoms with van der Waals surface area (Å²) in [6.07, 6.45) is 7.56. The van der Waals surface area contributed by atoms with E-state index in [-0.39, 0.29) is 6.04 Å². The van der Waals surface area contributed by atoms with Gasteiger partial charge < -0.3 is 5.32 Å². The van der Waals surface area contributed by atoms with Gasteiger partial charge in [0.2, 0.25) is 0 Å². The Balaban J connectivity index is 1.70. The summed E-state index contributed by atoms with van der Waals surface area (Å²) in [5.74, 6) is 0. The molecule has 5 nitrogen and oxygen atoms in total. The average Bonchev–Trinajstić information content (AvgIpc) is 3.13. The van der Waals surface area contributed by atoms with Gasteiger partial charge >= 0.3 is 0 Å². The third kappa shape index (κ3) is 3.12. The highest BCUT2D eigenvalue weighted by Crippen LogP contribution is 2.32. The van der Waals surface area contributed by atoms with Gasteiger partial charge in [0.05, 0.1) is 0 Å². The number of rotatable bonds is 5. The molecule has 3 fully saturated rings. The summed E-state index contributed by atoms with van der Waals surface area (Å²) in [4.78, 5) is 0. The quantitative estimate of drug-likeness (QED) is 0.818. The highest BCUT2D eigenvalue weighted by Gasteiger charge is 2.41. The summed E-state index contributed by atoms with van der Waals surface area (Å²) in [6.45, 7) is 3.13. The molecule has 0 aromatic rings.